The Hall–Kier alpha value is -4.41. The average Bonchev–Trinajstić information content (AvgIpc) is 3.42. The van der Waals surface area contributed by atoms with Crippen molar-refractivity contribution in [1.82, 2.24) is 9.97 Å². The van der Waals surface area contributed by atoms with Crippen LogP contribution >= 0.6 is 0 Å². The topological polar surface area (TPSA) is 25.8 Å². The maximum absolute atomic E-state index is 4.81. The number of nitrogens with zero attached hydrogens (tertiary/aromatic N) is 2. The summed E-state index contributed by atoms with van der Waals surface area (Å²) >= 11 is -3.16. The molecule has 0 amide bonds. The van der Waals surface area contributed by atoms with Crippen molar-refractivity contribution in [2.45, 2.75) is 0 Å². The molecule has 0 atom stereocenters. The average molecular weight is 799 g/mol. The fraction of sp³-hybridized carbons (Fsp3) is 0. The van der Waals surface area contributed by atoms with Crippen molar-refractivity contribution < 1.29 is 20.1 Å². The molecule has 0 saturated heterocycles. The summed E-state index contributed by atoms with van der Waals surface area (Å²) in [5.41, 5.74) is 3.07. The third-order valence-electron chi connectivity index (χ3n) is 8.52. The Labute approximate surface area is 273 Å². The Morgan fingerprint density at radius 3 is 1.86 bits per heavy atom. The van der Waals surface area contributed by atoms with E-state index in [1.165, 1.54) is 39.1 Å². The summed E-state index contributed by atoms with van der Waals surface area (Å²) in [4.78, 5) is 9.02. The van der Waals surface area contributed by atoms with Crippen molar-refractivity contribution in [3.05, 3.63) is 170 Å². The van der Waals surface area contributed by atoms with E-state index >= 15 is 0 Å². The van der Waals surface area contributed by atoms with Crippen molar-refractivity contribution in [2.24, 2.45) is 0 Å². The summed E-state index contributed by atoms with van der Waals surface area (Å²) in [5.74, 6) is 0. The van der Waals surface area contributed by atoms with Gasteiger partial charge in [-0.25, -0.2) is 0 Å². The summed E-state index contributed by atoms with van der Waals surface area (Å²) in [6.45, 7) is 0. The number of aromatic nitrogens is 2. The van der Waals surface area contributed by atoms with Crippen molar-refractivity contribution >= 4 is 63.3 Å². The molecule has 6 aromatic carbocycles. The second kappa shape index (κ2) is 11.9. The van der Waals surface area contributed by atoms with E-state index in [1.54, 1.807) is 6.20 Å². The summed E-state index contributed by atoms with van der Waals surface area (Å²) in [6, 6.07) is 58.4. The third kappa shape index (κ3) is 4.43. The molecule has 8 aromatic rings. The number of hydrogen-bond donors (Lipinski definition) is 0. The number of pyridine rings is 2. The minimum Gasteiger partial charge on any atom is -0.305 e. The zero-order chi connectivity index (χ0) is 28.6. The molecule has 0 bridgehead atoms. The van der Waals surface area contributed by atoms with E-state index in [-0.39, 0.29) is 20.1 Å². The summed E-state index contributed by atoms with van der Waals surface area (Å²) < 4.78 is 5.98. The summed E-state index contributed by atoms with van der Waals surface area (Å²) in [5, 5.41) is 6.48. The van der Waals surface area contributed by atoms with Crippen LogP contribution in [0.2, 0.25) is 0 Å². The molecule has 0 N–H and O–H groups in total. The van der Waals surface area contributed by atoms with Crippen LogP contribution in [0.25, 0.3) is 43.7 Å². The Bertz CT molecular complexity index is 2060. The standard InChI is InChI=1S/C29H18GeN.C11H8N.Ir/c1-3-10-20(11-4-1)30(21-12-5-2-6-13-21)25-17-7-14-22-23-16-9-19-31-29(23)24-15-8-18-26(30)28(24)27(22)25;1-2-6-10(7-3-1)11-8-4-5-9-12-11;/h1-14,16-19H;1-6,8-9H;/q2*-1;. The Balaban J connectivity index is 0.000000203. The molecule has 4 heteroatoms. The molecule has 2 nitrogen and oxygen atoms in total. The second-order valence-corrected chi connectivity index (χ2v) is 18.6. The first kappa shape index (κ1) is 28.4. The van der Waals surface area contributed by atoms with E-state index < -0.39 is 13.3 Å². The van der Waals surface area contributed by atoms with Gasteiger partial charge >= 0.3 is 184 Å². The molecular formula is C40H26GeIrN2-2. The molecule has 0 saturated carbocycles. The molecule has 1 radical (unpaired) electrons. The molecule has 0 aliphatic carbocycles. The first-order valence-corrected chi connectivity index (χ1v) is 18.7. The Kier molecular flexibility index (Phi) is 7.70. The van der Waals surface area contributed by atoms with Gasteiger partial charge in [0.2, 0.25) is 0 Å². The van der Waals surface area contributed by atoms with Gasteiger partial charge in [0.15, 0.2) is 0 Å². The predicted octanol–water partition coefficient (Wildman–Crippen LogP) is 6.58. The van der Waals surface area contributed by atoms with E-state index in [9.17, 15) is 0 Å². The fourth-order valence-corrected chi connectivity index (χ4v) is 17.7. The van der Waals surface area contributed by atoms with E-state index in [0.29, 0.717) is 0 Å². The summed E-state index contributed by atoms with van der Waals surface area (Å²) in [6.07, 6.45) is 3.69. The van der Waals surface area contributed by atoms with Crippen molar-refractivity contribution in [3.63, 3.8) is 0 Å². The first-order chi connectivity index (χ1) is 21.4. The van der Waals surface area contributed by atoms with Gasteiger partial charge in [0.05, 0.1) is 0 Å². The van der Waals surface area contributed by atoms with Crippen LogP contribution in [0, 0.1) is 12.1 Å². The SMILES string of the molecule is [Ir].[c-]1cc[c]2c3c1c1ncccc1c1ccc[c](c13)[Ge]2([c]1ccccc1)[c]1ccccc1.[c-]1ccccc1-c1ccccn1. The Morgan fingerprint density at radius 2 is 1.16 bits per heavy atom. The van der Waals surface area contributed by atoms with Gasteiger partial charge in [0, 0.05) is 26.3 Å². The Morgan fingerprint density at radius 1 is 0.477 bits per heavy atom. The normalized spacial score (nSPS) is 12.5. The van der Waals surface area contributed by atoms with Crippen LogP contribution in [0.15, 0.2) is 158 Å². The molecule has 44 heavy (non-hydrogen) atoms. The van der Waals surface area contributed by atoms with Gasteiger partial charge in [-0.2, -0.15) is 0 Å². The van der Waals surface area contributed by atoms with Gasteiger partial charge in [-0.15, -0.1) is 35.9 Å². The van der Waals surface area contributed by atoms with Crippen molar-refractivity contribution in [2.75, 3.05) is 0 Å². The van der Waals surface area contributed by atoms with Crippen LogP contribution in [0.5, 0.6) is 0 Å². The van der Waals surface area contributed by atoms with Gasteiger partial charge < -0.3 is 4.98 Å². The van der Waals surface area contributed by atoms with Gasteiger partial charge in [0.25, 0.3) is 0 Å². The first-order valence-electron chi connectivity index (χ1n) is 14.5. The molecule has 9 rings (SSSR count). The largest absolute Gasteiger partial charge is 0.305 e. The van der Waals surface area contributed by atoms with Gasteiger partial charge in [-0.1, -0.05) is 12.1 Å². The maximum atomic E-state index is 4.81. The number of rotatable bonds is 3. The van der Waals surface area contributed by atoms with E-state index in [2.05, 4.69) is 114 Å². The molecular weight excluding hydrogens is 773 g/mol. The van der Waals surface area contributed by atoms with Crippen LogP contribution in [0.1, 0.15) is 0 Å². The van der Waals surface area contributed by atoms with E-state index in [0.717, 1.165) is 22.2 Å². The van der Waals surface area contributed by atoms with Crippen molar-refractivity contribution in [3.8, 4) is 11.3 Å². The van der Waals surface area contributed by atoms with Gasteiger partial charge in [0.1, 0.15) is 0 Å². The molecule has 3 heterocycles. The molecule has 1 aliphatic rings. The van der Waals surface area contributed by atoms with Gasteiger partial charge in [-0.05, 0) is 11.8 Å². The molecule has 0 spiro atoms. The molecule has 211 valence electrons. The van der Waals surface area contributed by atoms with Crippen LogP contribution in [0.4, 0.5) is 0 Å². The van der Waals surface area contributed by atoms with Crippen LogP contribution in [-0.4, -0.2) is 23.2 Å². The van der Waals surface area contributed by atoms with Crippen LogP contribution < -0.4 is 17.6 Å². The van der Waals surface area contributed by atoms with E-state index in [4.69, 9.17) is 4.98 Å². The zero-order valence-corrected chi connectivity index (χ0v) is 28.2. The quantitative estimate of drug-likeness (QED) is 0.115. The van der Waals surface area contributed by atoms with E-state index in [1.807, 2.05) is 54.7 Å². The number of hydrogen-bond acceptors (Lipinski definition) is 2. The minimum absolute atomic E-state index is 0. The van der Waals surface area contributed by atoms with Gasteiger partial charge in [-0.3, -0.25) is 0 Å². The van der Waals surface area contributed by atoms with Crippen LogP contribution in [0.3, 0.4) is 0 Å². The number of fused-ring (bicyclic) bond motifs is 3. The molecule has 1 aliphatic heterocycles. The zero-order valence-electron chi connectivity index (χ0n) is 23.7. The van der Waals surface area contributed by atoms with Crippen molar-refractivity contribution in [1.29, 1.82) is 0 Å². The molecule has 2 aromatic heterocycles. The smallest absolute Gasteiger partial charge is 0.0160 e. The second-order valence-electron chi connectivity index (χ2n) is 10.7. The van der Waals surface area contributed by atoms with Crippen LogP contribution in [-0.2, 0) is 20.1 Å². The predicted molar refractivity (Wildman–Crippen MR) is 181 cm³/mol. The fourth-order valence-electron chi connectivity index (χ4n) is 6.82. The summed E-state index contributed by atoms with van der Waals surface area (Å²) in [7, 11) is 0. The number of benzene rings is 6. The third-order valence-corrected chi connectivity index (χ3v) is 18.7. The molecule has 0 unspecified atom stereocenters. The maximum Gasteiger partial charge on any atom is 0.0160 e. The molecule has 0 fully saturated rings. The minimum atomic E-state index is -3.16. The monoisotopic (exact) mass is 801 g/mol.